The van der Waals surface area contributed by atoms with Crippen LogP contribution in [0.1, 0.15) is 61.3 Å². The summed E-state index contributed by atoms with van der Waals surface area (Å²) in [6.07, 6.45) is 7.44. The number of ether oxygens (including phenoxy) is 1. The molecular formula is C22H28O. The lowest BCUT2D eigenvalue weighted by Gasteiger charge is -2.13. The molecule has 1 nitrogen and oxygen atoms in total. The Kier molecular flexibility index (Phi) is 5.05. The first-order valence-electron chi connectivity index (χ1n) is 9.05. The summed E-state index contributed by atoms with van der Waals surface area (Å²) in [4.78, 5) is 0. The average molecular weight is 308 g/mol. The molecule has 0 aliphatic heterocycles. The van der Waals surface area contributed by atoms with Gasteiger partial charge in [-0.25, -0.2) is 0 Å². The molecule has 0 spiro atoms. The molecule has 122 valence electrons. The van der Waals surface area contributed by atoms with Gasteiger partial charge in [0.05, 0.1) is 6.61 Å². The van der Waals surface area contributed by atoms with E-state index in [4.69, 9.17) is 4.74 Å². The van der Waals surface area contributed by atoms with Crippen molar-refractivity contribution in [3.05, 3.63) is 52.6 Å². The topological polar surface area (TPSA) is 9.23 Å². The second-order valence-electron chi connectivity index (χ2n) is 6.90. The summed E-state index contributed by atoms with van der Waals surface area (Å²) >= 11 is 0. The maximum Gasteiger partial charge on any atom is 0.127 e. The van der Waals surface area contributed by atoms with Gasteiger partial charge in [0.15, 0.2) is 0 Å². The molecule has 0 saturated carbocycles. The Morgan fingerprint density at radius 1 is 0.870 bits per heavy atom. The lowest BCUT2D eigenvalue weighted by atomic mass is 10.0. The molecule has 0 atom stereocenters. The van der Waals surface area contributed by atoms with Gasteiger partial charge in [0.25, 0.3) is 0 Å². The molecule has 0 fully saturated rings. The third-order valence-corrected chi connectivity index (χ3v) is 4.74. The van der Waals surface area contributed by atoms with Gasteiger partial charge in [0.1, 0.15) is 5.75 Å². The highest BCUT2D eigenvalue weighted by Gasteiger charge is 2.22. The summed E-state index contributed by atoms with van der Waals surface area (Å²) in [5.41, 5.74) is 8.21. The van der Waals surface area contributed by atoms with Crippen molar-refractivity contribution >= 4 is 0 Å². The second kappa shape index (κ2) is 7.21. The third kappa shape index (κ3) is 3.60. The van der Waals surface area contributed by atoms with Gasteiger partial charge >= 0.3 is 0 Å². The molecule has 1 heteroatoms. The molecule has 0 radical (unpaired) electrons. The van der Waals surface area contributed by atoms with E-state index in [0.29, 0.717) is 0 Å². The molecule has 0 N–H and O–H groups in total. The van der Waals surface area contributed by atoms with Crippen LogP contribution in [0.5, 0.6) is 5.75 Å². The molecular weight excluding hydrogens is 280 g/mol. The van der Waals surface area contributed by atoms with Crippen molar-refractivity contribution in [2.24, 2.45) is 0 Å². The van der Waals surface area contributed by atoms with Gasteiger partial charge in [0.2, 0.25) is 0 Å². The lowest BCUT2D eigenvalue weighted by molar-refractivity contribution is 0.305. The number of unbranched alkanes of at least 4 members (excludes halogenated alkanes) is 4. The van der Waals surface area contributed by atoms with E-state index in [-0.39, 0.29) is 0 Å². The zero-order valence-corrected chi connectivity index (χ0v) is 14.7. The molecule has 2 aromatic carbocycles. The molecule has 0 bridgehead atoms. The van der Waals surface area contributed by atoms with E-state index in [9.17, 15) is 0 Å². The van der Waals surface area contributed by atoms with Crippen LogP contribution in [0.15, 0.2) is 30.3 Å². The van der Waals surface area contributed by atoms with Crippen molar-refractivity contribution < 1.29 is 4.74 Å². The van der Waals surface area contributed by atoms with Crippen LogP contribution in [0.4, 0.5) is 0 Å². The minimum absolute atomic E-state index is 0.834. The number of fused-ring (bicyclic) bond motifs is 3. The summed E-state index contributed by atoms with van der Waals surface area (Å²) in [5, 5.41) is 0. The molecule has 0 unspecified atom stereocenters. The van der Waals surface area contributed by atoms with Gasteiger partial charge in [-0.1, -0.05) is 62.4 Å². The maximum atomic E-state index is 6.20. The Hall–Kier alpha value is -1.76. The zero-order valence-electron chi connectivity index (χ0n) is 14.7. The third-order valence-electron chi connectivity index (χ3n) is 4.74. The van der Waals surface area contributed by atoms with Gasteiger partial charge < -0.3 is 4.74 Å². The standard InChI is InChI=1S/C22H28O/c1-4-5-6-7-8-11-23-21-14-17(3)13-19-15-18-12-16(2)9-10-20(18)22(19)21/h9-10,12-14H,4-8,11,15H2,1-3H3. The van der Waals surface area contributed by atoms with Crippen LogP contribution < -0.4 is 4.74 Å². The first kappa shape index (κ1) is 16.1. The van der Waals surface area contributed by atoms with E-state index in [1.54, 1.807) is 0 Å². The molecule has 1 aliphatic rings. The molecule has 0 amide bonds. The Morgan fingerprint density at radius 2 is 1.65 bits per heavy atom. The average Bonchev–Trinajstić information content (AvgIpc) is 2.87. The van der Waals surface area contributed by atoms with Crippen LogP contribution in [-0.2, 0) is 6.42 Å². The summed E-state index contributed by atoms with van der Waals surface area (Å²) < 4.78 is 6.20. The fourth-order valence-electron chi connectivity index (χ4n) is 3.59. The van der Waals surface area contributed by atoms with Crippen molar-refractivity contribution in [2.75, 3.05) is 6.61 Å². The molecule has 0 aromatic heterocycles. The van der Waals surface area contributed by atoms with E-state index < -0.39 is 0 Å². The Labute approximate surface area is 140 Å². The van der Waals surface area contributed by atoms with Crippen molar-refractivity contribution in [1.29, 1.82) is 0 Å². The number of rotatable bonds is 7. The van der Waals surface area contributed by atoms with Crippen molar-refractivity contribution in [2.45, 2.75) is 59.3 Å². The SMILES string of the molecule is CCCCCCCOc1cc(C)cc2c1-c1ccc(C)cc1C2. The monoisotopic (exact) mass is 308 g/mol. The van der Waals surface area contributed by atoms with Gasteiger partial charge in [-0.2, -0.15) is 0 Å². The maximum absolute atomic E-state index is 6.20. The zero-order chi connectivity index (χ0) is 16.2. The molecule has 2 aromatic rings. The van der Waals surface area contributed by atoms with Gasteiger partial charge in [-0.3, -0.25) is 0 Å². The van der Waals surface area contributed by atoms with Crippen molar-refractivity contribution in [3.63, 3.8) is 0 Å². The number of hydrogen-bond donors (Lipinski definition) is 0. The first-order chi connectivity index (χ1) is 11.2. The summed E-state index contributed by atoms with van der Waals surface area (Å²) in [6.45, 7) is 7.43. The highest BCUT2D eigenvalue weighted by atomic mass is 16.5. The minimum Gasteiger partial charge on any atom is -0.493 e. The molecule has 23 heavy (non-hydrogen) atoms. The van der Waals surface area contributed by atoms with Crippen LogP contribution >= 0.6 is 0 Å². The Balaban J connectivity index is 1.76. The Bertz CT molecular complexity index is 685. The van der Waals surface area contributed by atoms with E-state index in [1.807, 2.05) is 0 Å². The molecule has 3 rings (SSSR count). The van der Waals surface area contributed by atoms with Crippen LogP contribution in [0, 0.1) is 13.8 Å². The van der Waals surface area contributed by atoms with Crippen LogP contribution in [-0.4, -0.2) is 6.61 Å². The molecule has 0 saturated heterocycles. The minimum atomic E-state index is 0.834. The van der Waals surface area contributed by atoms with E-state index >= 15 is 0 Å². The summed E-state index contributed by atoms with van der Waals surface area (Å²) in [5.74, 6) is 1.08. The van der Waals surface area contributed by atoms with Gasteiger partial charge in [-0.15, -0.1) is 0 Å². The number of aryl methyl sites for hydroxylation is 2. The van der Waals surface area contributed by atoms with Gasteiger partial charge in [-0.05, 0) is 55.0 Å². The van der Waals surface area contributed by atoms with Crippen molar-refractivity contribution in [3.8, 4) is 16.9 Å². The highest BCUT2D eigenvalue weighted by Crippen LogP contribution is 2.43. The van der Waals surface area contributed by atoms with Gasteiger partial charge in [0, 0.05) is 5.56 Å². The van der Waals surface area contributed by atoms with E-state index in [0.717, 1.165) is 25.2 Å². The van der Waals surface area contributed by atoms with E-state index in [1.165, 1.54) is 59.1 Å². The second-order valence-corrected chi connectivity index (χ2v) is 6.90. The highest BCUT2D eigenvalue weighted by molar-refractivity contribution is 5.82. The van der Waals surface area contributed by atoms with Crippen LogP contribution in [0.25, 0.3) is 11.1 Å². The predicted molar refractivity (Wildman–Crippen MR) is 98.4 cm³/mol. The first-order valence-corrected chi connectivity index (χ1v) is 9.05. The normalized spacial score (nSPS) is 12.1. The smallest absolute Gasteiger partial charge is 0.127 e. The van der Waals surface area contributed by atoms with Crippen molar-refractivity contribution in [1.82, 2.24) is 0 Å². The quantitative estimate of drug-likeness (QED) is 0.470. The fourth-order valence-corrected chi connectivity index (χ4v) is 3.59. The molecule has 0 heterocycles. The predicted octanol–water partition coefficient (Wildman–Crippen LogP) is 6.22. The van der Waals surface area contributed by atoms with E-state index in [2.05, 4.69) is 51.1 Å². The molecule has 1 aliphatic carbocycles. The largest absolute Gasteiger partial charge is 0.493 e. The summed E-state index contributed by atoms with van der Waals surface area (Å²) in [6, 6.07) is 11.3. The number of hydrogen-bond acceptors (Lipinski definition) is 1. The number of benzene rings is 2. The lowest BCUT2D eigenvalue weighted by Crippen LogP contribution is -2.00. The van der Waals surface area contributed by atoms with Crippen LogP contribution in [0.2, 0.25) is 0 Å². The Morgan fingerprint density at radius 3 is 2.48 bits per heavy atom. The fraction of sp³-hybridized carbons (Fsp3) is 0.455. The van der Waals surface area contributed by atoms with Crippen LogP contribution in [0.3, 0.4) is 0 Å². The summed E-state index contributed by atoms with van der Waals surface area (Å²) in [7, 11) is 0.